The summed E-state index contributed by atoms with van der Waals surface area (Å²) in [5.74, 6) is 1.02. The second-order valence-electron chi connectivity index (χ2n) is 3.91. The molecule has 1 aliphatic rings. The fourth-order valence-electron chi connectivity index (χ4n) is 1.85. The molecule has 4 nitrogen and oxygen atoms in total. The Morgan fingerprint density at radius 2 is 2.41 bits per heavy atom. The van der Waals surface area contributed by atoms with Crippen molar-refractivity contribution in [2.45, 2.75) is 6.42 Å². The van der Waals surface area contributed by atoms with Crippen molar-refractivity contribution in [2.24, 2.45) is 5.92 Å². The van der Waals surface area contributed by atoms with Crippen molar-refractivity contribution in [1.82, 2.24) is 4.98 Å². The first-order valence-corrected chi connectivity index (χ1v) is 7.13. The van der Waals surface area contributed by atoms with Crippen molar-refractivity contribution in [3.63, 3.8) is 0 Å². The van der Waals surface area contributed by atoms with E-state index in [1.807, 2.05) is 0 Å². The maximum Gasteiger partial charge on any atom is 0.227 e. The van der Waals surface area contributed by atoms with Crippen LogP contribution in [-0.2, 0) is 4.79 Å². The lowest BCUT2D eigenvalue weighted by Gasteiger charge is -2.18. The first-order chi connectivity index (χ1) is 8.15. The molecule has 17 heavy (non-hydrogen) atoms. The van der Waals surface area contributed by atoms with Crippen LogP contribution in [0.15, 0.2) is 16.7 Å². The van der Waals surface area contributed by atoms with Gasteiger partial charge in [-0.05, 0) is 21.8 Å². The number of rotatable bonds is 3. The van der Waals surface area contributed by atoms with E-state index in [1.165, 1.54) is 0 Å². The van der Waals surface area contributed by atoms with Gasteiger partial charge >= 0.3 is 0 Å². The molecule has 0 bridgehead atoms. The van der Waals surface area contributed by atoms with Crippen molar-refractivity contribution < 1.29 is 9.53 Å². The Kier molecular flexibility index (Phi) is 4.04. The molecule has 1 fully saturated rings. The van der Waals surface area contributed by atoms with Gasteiger partial charge in [-0.25, -0.2) is 4.98 Å². The average Bonchev–Trinajstić information content (AvgIpc) is 2.71. The van der Waals surface area contributed by atoms with Gasteiger partial charge in [-0.15, -0.1) is 0 Å². The molecule has 0 spiro atoms. The van der Waals surface area contributed by atoms with Gasteiger partial charge in [0, 0.05) is 30.6 Å². The summed E-state index contributed by atoms with van der Waals surface area (Å²) in [5, 5.41) is 0.842. The molecule has 1 aromatic rings. The van der Waals surface area contributed by atoms with Gasteiger partial charge in [-0.3, -0.25) is 4.79 Å². The first-order valence-electron chi connectivity index (χ1n) is 5.21. The normalized spacial score (nSPS) is 19.8. The lowest BCUT2D eigenvalue weighted by atomic mass is 10.2. The molecule has 0 N–H and O–H groups in total. The lowest BCUT2D eigenvalue weighted by molar-refractivity contribution is -0.117. The van der Waals surface area contributed by atoms with Crippen molar-refractivity contribution in [3.05, 3.63) is 16.7 Å². The lowest BCUT2D eigenvalue weighted by Crippen LogP contribution is -2.25. The summed E-state index contributed by atoms with van der Waals surface area (Å²) in [6.45, 7) is 0.732. The number of amides is 1. The molecule has 1 unspecified atom stereocenters. The summed E-state index contributed by atoms with van der Waals surface area (Å²) < 4.78 is 5.89. The minimum Gasteiger partial charge on any atom is -0.481 e. The zero-order chi connectivity index (χ0) is 12.4. The van der Waals surface area contributed by atoms with Crippen LogP contribution in [0.1, 0.15) is 6.42 Å². The van der Waals surface area contributed by atoms with Gasteiger partial charge in [-0.2, -0.15) is 0 Å². The third-order valence-corrected chi connectivity index (χ3v) is 4.26. The smallest absolute Gasteiger partial charge is 0.227 e. The predicted octanol–water partition coefficient (Wildman–Crippen LogP) is 2.60. The van der Waals surface area contributed by atoms with E-state index in [-0.39, 0.29) is 5.91 Å². The monoisotopic (exact) mass is 362 g/mol. The number of hydrogen-bond donors (Lipinski definition) is 0. The second-order valence-corrected chi connectivity index (χ2v) is 5.41. The fourth-order valence-corrected chi connectivity index (χ4v) is 2.71. The third-order valence-electron chi connectivity index (χ3n) is 2.73. The van der Waals surface area contributed by atoms with E-state index >= 15 is 0 Å². The van der Waals surface area contributed by atoms with E-state index < -0.39 is 0 Å². The van der Waals surface area contributed by atoms with Crippen LogP contribution in [0.2, 0.25) is 0 Å². The maximum atomic E-state index is 11.9. The number of aromatic nitrogens is 1. The van der Waals surface area contributed by atoms with Gasteiger partial charge in [0.2, 0.25) is 11.8 Å². The fraction of sp³-hybridized carbons (Fsp3) is 0.455. The number of ether oxygens (including phenoxy) is 1. The first kappa shape index (κ1) is 12.8. The van der Waals surface area contributed by atoms with E-state index in [0.717, 1.165) is 22.0 Å². The Morgan fingerprint density at radius 3 is 3.00 bits per heavy atom. The van der Waals surface area contributed by atoms with Gasteiger partial charge < -0.3 is 9.64 Å². The summed E-state index contributed by atoms with van der Waals surface area (Å²) >= 11 is 6.84. The van der Waals surface area contributed by atoms with Crippen molar-refractivity contribution in [2.75, 3.05) is 23.9 Å². The number of methoxy groups -OCH3 is 1. The summed E-state index contributed by atoms with van der Waals surface area (Å²) in [5.41, 5.74) is 0.824. The van der Waals surface area contributed by atoms with Crippen LogP contribution in [0.5, 0.6) is 5.88 Å². The predicted molar refractivity (Wildman–Crippen MR) is 72.7 cm³/mol. The minimum absolute atomic E-state index is 0.142. The van der Waals surface area contributed by atoms with Crippen LogP contribution in [0.3, 0.4) is 0 Å². The number of carbonyl (C=O) groups excluding carboxylic acids is 1. The summed E-state index contributed by atoms with van der Waals surface area (Å²) in [6.07, 6.45) is 2.24. The molecular formula is C11H12Br2N2O2. The average molecular weight is 364 g/mol. The Hall–Kier alpha value is -0.620. The molecule has 2 rings (SSSR count). The van der Waals surface area contributed by atoms with Gasteiger partial charge in [-0.1, -0.05) is 15.9 Å². The molecule has 1 amide bonds. The van der Waals surface area contributed by atoms with E-state index in [0.29, 0.717) is 18.2 Å². The van der Waals surface area contributed by atoms with E-state index in [2.05, 4.69) is 36.8 Å². The Morgan fingerprint density at radius 1 is 1.65 bits per heavy atom. The summed E-state index contributed by atoms with van der Waals surface area (Å²) in [6, 6.07) is 1.78. The van der Waals surface area contributed by atoms with Gasteiger partial charge in [0.1, 0.15) is 0 Å². The third kappa shape index (κ3) is 2.63. The molecule has 2 heterocycles. The molecule has 92 valence electrons. The largest absolute Gasteiger partial charge is 0.481 e. The Balaban J connectivity index is 2.30. The van der Waals surface area contributed by atoms with Crippen molar-refractivity contribution in [1.29, 1.82) is 0 Å². The van der Waals surface area contributed by atoms with E-state index in [4.69, 9.17) is 4.74 Å². The minimum atomic E-state index is 0.142. The summed E-state index contributed by atoms with van der Waals surface area (Å²) in [4.78, 5) is 17.8. The SMILES string of the molecule is COc1cc(N2CC(CBr)CC2=O)c(Br)cn1. The Bertz CT molecular complexity index is 439. The van der Waals surface area contributed by atoms with Crippen LogP contribution in [0.4, 0.5) is 5.69 Å². The molecule has 1 atom stereocenters. The quantitative estimate of drug-likeness (QED) is 0.775. The van der Waals surface area contributed by atoms with E-state index in [1.54, 1.807) is 24.3 Å². The van der Waals surface area contributed by atoms with Crippen LogP contribution >= 0.6 is 31.9 Å². The Labute approximate surface area is 117 Å². The molecular weight excluding hydrogens is 352 g/mol. The van der Waals surface area contributed by atoms with Crippen LogP contribution in [0, 0.1) is 5.92 Å². The highest BCUT2D eigenvalue weighted by Gasteiger charge is 2.31. The van der Waals surface area contributed by atoms with Gasteiger partial charge in [0.05, 0.1) is 17.3 Å². The number of alkyl halides is 1. The number of pyridine rings is 1. The van der Waals surface area contributed by atoms with Crippen molar-refractivity contribution >= 4 is 43.5 Å². The highest BCUT2D eigenvalue weighted by atomic mass is 79.9. The summed E-state index contributed by atoms with van der Waals surface area (Å²) in [7, 11) is 1.56. The topological polar surface area (TPSA) is 42.4 Å². The molecule has 0 radical (unpaired) electrons. The van der Waals surface area contributed by atoms with Gasteiger partial charge in [0.15, 0.2) is 0 Å². The molecule has 0 saturated carbocycles. The molecule has 0 aromatic carbocycles. The van der Waals surface area contributed by atoms with Crippen molar-refractivity contribution in [3.8, 4) is 5.88 Å². The number of carbonyl (C=O) groups is 1. The molecule has 1 saturated heterocycles. The number of anilines is 1. The highest BCUT2D eigenvalue weighted by molar-refractivity contribution is 9.10. The zero-order valence-electron chi connectivity index (χ0n) is 9.32. The highest BCUT2D eigenvalue weighted by Crippen LogP contribution is 2.33. The zero-order valence-corrected chi connectivity index (χ0v) is 12.5. The number of halogens is 2. The standard InChI is InChI=1S/C11H12Br2N2O2/c1-17-10-3-9(8(13)5-14-10)15-6-7(4-12)2-11(15)16/h3,5,7H,2,4,6H2,1H3. The van der Waals surface area contributed by atoms with Crippen LogP contribution in [-0.4, -0.2) is 29.9 Å². The van der Waals surface area contributed by atoms with Gasteiger partial charge in [0.25, 0.3) is 0 Å². The van der Waals surface area contributed by atoms with Crippen LogP contribution in [0.25, 0.3) is 0 Å². The van der Waals surface area contributed by atoms with E-state index in [9.17, 15) is 4.79 Å². The number of hydrogen-bond acceptors (Lipinski definition) is 3. The van der Waals surface area contributed by atoms with Crippen LogP contribution < -0.4 is 9.64 Å². The number of nitrogens with zero attached hydrogens (tertiary/aromatic N) is 2. The molecule has 6 heteroatoms. The molecule has 0 aliphatic carbocycles. The maximum absolute atomic E-state index is 11.9. The molecule has 1 aromatic heterocycles. The second kappa shape index (κ2) is 5.35. The molecule has 1 aliphatic heterocycles.